The summed E-state index contributed by atoms with van der Waals surface area (Å²) < 4.78 is 2.11. The van der Waals surface area contributed by atoms with Gasteiger partial charge in [0.25, 0.3) is 0 Å². The van der Waals surface area contributed by atoms with Crippen LogP contribution in [0.1, 0.15) is 39.5 Å². The summed E-state index contributed by atoms with van der Waals surface area (Å²) in [6.45, 7) is 5.63. The van der Waals surface area contributed by atoms with E-state index in [4.69, 9.17) is 0 Å². The fourth-order valence-corrected chi connectivity index (χ4v) is 3.85. The van der Waals surface area contributed by atoms with Gasteiger partial charge >= 0.3 is 0 Å². The molecule has 0 aromatic carbocycles. The van der Waals surface area contributed by atoms with Crippen LogP contribution in [0.5, 0.6) is 0 Å². The Kier molecular flexibility index (Phi) is 5.07. The van der Waals surface area contributed by atoms with Gasteiger partial charge in [0.1, 0.15) is 5.82 Å². The number of aromatic nitrogens is 1. The predicted octanol–water partition coefficient (Wildman–Crippen LogP) is 5.01. The van der Waals surface area contributed by atoms with Crippen LogP contribution in [-0.2, 0) is 0 Å². The molecule has 0 unspecified atom stereocenters. The van der Waals surface area contributed by atoms with Gasteiger partial charge in [-0.2, -0.15) is 0 Å². The molecule has 1 aliphatic carbocycles. The number of hydrogen-bond acceptors (Lipinski definition) is 2. The van der Waals surface area contributed by atoms with Crippen molar-refractivity contribution in [3.05, 3.63) is 21.2 Å². The fourth-order valence-electron chi connectivity index (χ4n) is 2.64. The van der Waals surface area contributed by atoms with Gasteiger partial charge in [0.2, 0.25) is 0 Å². The van der Waals surface area contributed by atoms with Crippen molar-refractivity contribution >= 4 is 37.7 Å². The third kappa shape index (κ3) is 3.47. The molecule has 0 radical (unpaired) electrons. The summed E-state index contributed by atoms with van der Waals surface area (Å²) in [4.78, 5) is 7.10. The lowest BCUT2D eigenvalue weighted by Crippen LogP contribution is -2.37. The van der Waals surface area contributed by atoms with E-state index in [0.29, 0.717) is 12.0 Å². The Morgan fingerprint density at radius 3 is 2.56 bits per heavy atom. The summed E-state index contributed by atoms with van der Waals surface area (Å²) in [5, 5.41) is 0. The van der Waals surface area contributed by atoms with E-state index in [-0.39, 0.29) is 0 Å². The molecule has 18 heavy (non-hydrogen) atoms. The van der Waals surface area contributed by atoms with Crippen LogP contribution in [0, 0.1) is 5.92 Å². The van der Waals surface area contributed by atoms with Gasteiger partial charge in [-0.15, -0.1) is 0 Å². The van der Waals surface area contributed by atoms with Crippen LogP contribution in [0.15, 0.2) is 21.2 Å². The zero-order valence-electron chi connectivity index (χ0n) is 11.0. The van der Waals surface area contributed by atoms with Crippen LogP contribution in [0.3, 0.4) is 0 Å². The van der Waals surface area contributed by atoms with E-state index >= 15 is 0 Å². The lowest BCUT2D eigenvalue weighted by atomic mass is 10.1. The standard InChI is InChI=1S/C14H20Br2N2/c1-10(2)9-18(12-5-3-4-6-12)14-13(16)7-11(15)8-17-14/h7-8,10,12H,3-6,9H2,1-2H3. The lowest BCUT2D eigenvalue weighted by molar-refractivity contribution is 0.530. The minimum Gasteiger partial charge on any atom is -0.352 e. The molecule has 0 amide bonds. The third-order valence-corrected chi connectivity index (χ3v) is 4.40. The largest absolute Gasteiger partial charge is 0.352 e. The average Bonchev–Trinajstić information content (AvgIpc) is 2.79. The molecule has 2 rings (SSSR count). The van der Waals surface area contributed by atoms with Crippen molar-refractivity contribution in [2.24, 2.45) is 5.92 Å². The first kappa shape index (κ1) is 14.3. The van der Waals surface area contributed by atoms with E-state index < -0.39 is 0 Å². The summed E-state index contributed by atoms with van der Waals surface area (Å²) >= 11 is 7.12. The summed E-state index contributed by atoms with van der Waals surface area (Å²) in [5.41, 5.74) is 0. The van der Waals surface area contributed by atoms with Crippen molar-refractivity contribution in [3.8, 4) is 0 Å². The molecule has 1 saturated carbocycles. The van der Waals surface area contributed by atoms with E-state index in [1.807, 2.05) is 6.20 Å². The average molecular weight is 376 g/mol. The Balaban J connectivity index is 2.26. The first-order valence-corrected chi connectivity index (χ1v) is 8.24. The van der Waals surface area contributed by atoms with Gasteiger partial charge in [0.15, 0.2) is 0 Å². The number of pyridine rings is 1. The van der Waals surface area contributed by atoms with Crippen LogP contribution in [0.2, 0.25) is 0 Å². The highest BCUT2D eigenvalue weighted by molar-refractivity contribution is 9.11. The summed E-state index contributed by atoms with van der Waals surface area (Å²) in [5.74, 6) is 1.75. The molecular weight excluding hydrogens is 356 g/mol. The Labute approximate surface area is 126 Å². The van der Waals surface area contributed by atoms with E-state index in [1.54, 1.807) is 0 Å². The van der Waals surface area contributed by atoms with E-state index in [0.717, 1.165) is 21.3 Å². The molecule has 4 heteroatoms. The molecular formula is C14H20Br2N2. The van der Waals surface area contributed by atoms with Gasteiger partial charge in [-0.1, -0.05) is 26.7 Å². The molecule has 0 aliphatic heterocycles. The zero-order valence-corrected chi connectivity index (χ0v) is 14.2. The molecule has 1 aromatic heterocycles. The van der Waals surface area contributed by atoms with E-state index in [2.05, 4.69) is 61.7 Å². The second-order valence-corrected chi connectivity index (χ2v) is 7.21. The Bertz CT molecular complexity index is 401. The molecule has 0 spiro atoms. The van der Waals surface area contributed by atoms with E-state index in [1.165, 1.54) is 25.7 Å². The van der Waals surface area contributed by atoms with Gasteiger partial charge in [-0.05, 0) is 56.7 Å². The molecule has 0 bridgehead atoms. The van der Waals surface area contributed by atoms with Crippen molar-refractivity contribution in [1.29, 1.82) is 0 Å². The SMILES string of the molecule is CC(C)CN(c1ncc(Br)cc1Br)C1CCCC1. The third-order valence-electron chi connectivity index (χ3n) is 3.39. The zero-order chi connectivity index (χ0) is 13.1. The second-order valence-electron chi connectivity index (χ2n) is 5.44. The van der Waals surface area contributed by atoms with Crippen molar-refractivity contribution in [3.63, 3.8) is 0 Å². The number of halogens is 2. The molecule has 0 saturated heterocycles. The highest BCUT2D eigenvalue weighted by atomic mass is 79.9. The van der Waals surface area contributed by atoms with Gasteiger partial charge in [0, 0.05) is 23.3 Å². The normalized spacial score (nSPS) is 16.5. The highest BCUT2D eigenvalue weighted by Gasteiger charge is 2.25. The van der Waals surface area contributed by atoms with Crippen molar-refractivity contribution < 1.29 is 0 Å². The first-order chi connectivity index (χ1) is 8.58. The molecule has 1 aromatic rings. The maximum Gasteiger partial charge on any atom is 0.143 e. The minimum atomic E-state index is 0.656. The van der Waals surface area contributed by atoms with Crippen LogP contribution in [-0.4, -0.2) is 17.6 Å². The highest BCUT2D eigenvalue weighted by Crippen LogP contribution is 2.33. The van der Waals surface area contributed by atoms with Gasteiger partial charge in [-0.25, -0.2) is 4.98 Å². The summed E-state index contributed by atoms with van der Waals surface area (Å²) in [7, 11) is 0. The Morgan fingerprint density at radius 1 is 1.33 bits per heavy atom. The van der Waals surface area contributed by atoms with Crippen molar-refractivity contribution in [1.82, 2.24) is 4.98 Å². The maximum atomic E-state index is 4.61. The van der Waals surface area contributed by atoms with Crippen molar-refractivity contribution in [2.75, 3.05) is 11.4 Å². The smallest absolute Gasteiger partial charge is 0.143 e. The quantitative estimate of drug-likeness (QED) is 0.735. The second kappa shape index (κ2) is 6.38. The maximum absolute atomic E-state index is 4.61. The number of nitrogens with zero attached hydrogens (tertiary/aromatic N) is 2. The van der Waals surface area contributed by atoms with Gasteiger partial charge in [0.05, 0.1) is 4.47 Å². The lowest BCUT2D eigenvalue weighted by Gasteiger charge is -2.32. The van der Waals surface area contributed by atoms with E-state index in [9.17, 15) is 0 Å². The molecule has 0 atom stereocenters. The van der Waals surface area contributed by atoms with Crippen LogP contribution < -0.4 is 4.90 Å². The Morgan fingerprint density at radius 2 is 2.00 bits per heavy atom. The molecule has 1 heterocycles. The Hall–Kier alpha value is -0.0900. The molecule has 0 N–H and O–H groups in total. The minimum absolute atomic E-state index is 0.656. The van der Waals surface area contributed by atoms with Crippen LogP contribution >= 0.6 is 31.9 Å². The molecule has 2 nitrogen and oxygen atoms in total. The van der Waals surface area contributed by atoms with Crippen molar-refractivity contribution in [2.45, 2.75) is 45.6 Å². The monoisotopic (exact) mass is 374 g/mol. The molecule has 100 valence electrons. The number of anilines is 1. The topological polar surface area (TPSA) is 16.1 Å². The van der Waals surface area contributed by atoms with Gasteiger partial charge in [-0.3, -0.25) is 0 Å². The number of rotatable bonds is 4. The van der Waals surface area contributed by atoms with Crippen LogP contribution in [0.25, 0.3) is 0 Å². The summed E-state index contributed by atoms with van der Waals surface area (Å²) in [6.07, 6.45) is 7.21. The predicted molar refractivity (Wildman–Crippen MR) is 84.1 cm³/mol. The van der Waals surface area contributed by atoms with Crippen LogP contribution in [0.4, 0.5) is 5.82 Å². The first-order valence-electron chi connectivity index (χ1n) is 6.65. The summed E-state index contributed by atoms with van der Waals surface area (Å²) in [6, 6.07) is 2.75. The van der Waals surface area contributed by atoms with Gasteiger partial charge < -0.3 is 4.90 Å². The molecule has 1 fully saturated rings. The number of hydrogen-bond donors (Lipinski definition) is 0. The molecule has 1 aliphatic rings. The fraction of sp³-hybridized carbons (Fsp3) is 0.643.